The summed E-state index contributed by atoms with van der Waals surface area (Å²) in [7, 11) is 0. The van der Waals surface area contributed by atoms with Crippen molar-refractivity contribution in [1.82, 2.24) is 15.0 Å². The first-order valence-corrected chi connectivity index (χ1v) is 11.4. The predicted molar refractivity (Wildman–Crippen MR) is 125 cm³/mol. The van der Waals surface area contributed by atoms with Gasteiger partial charge in [0.1, 0.15) is 6.26 Å². The summed E-state index contributed by atoms with van der Waals surface area (Å²) >= 11 is 0. The Hall–Kier alpha value is -3.47. The van der Waals surface area contributed by atoms with E-state index >= 15 is 0 Å². The molecule has 0 radical (unpaired) electrons. The van der Waals surface area contributed by atoms with Crippen molar-refractivity contribution in [3.05, 3.63) is 95.1 Å². The average Bonchev–Trinajstić information content (AvgIpc) is 3.34. The van der Waals surface area contributed by atoms with E-state index in [0.717, 1.165) is 25.2 Å². The van der Waals surface area contributed by atoms with Crippen molar-refractivity contribution in [2.45, 2.75) is 44.6 Å². The van der Waals surface area contributed by atoms with Crippen molar-refractivity contribution >= 4 is 5.69 Å². The number of anilines is 1. The Morgan fingerprint density at radius 3 is 2.34 bits per heavy atom. The molecular weight excluding hydrogens is 396 g/mol. The maximum atomic E-state index is 5.38. The van der Waals surface area contributed by atoms with Crippen LogP contribution in [-0.2, 0) is 18.4 Å². The second-order valence-electron chi connectivity index (χ2n) is 9.02. The number of aromatic nitrogens is 3. The molecule has 2 aliphatic rings. The van der Waals surface area contributed by atoms with Crippen molar-refractivity contribution < 1.29 is 4.42 Å². The van der Waals surface area contributed by atoms with Crippen molar-refractivity contribution in [1.29, 1.82) is 0 Å². The maximum Gasteiger partial charge on any atom is 0.264 e. The average molecular weight is 423 g/mol. The minimum atomic E-state index is 0.179. The molecule has 5 nitrogen and oxygen atoms in total. The second kappa shape index (κ2) is 7.59. The molecule has 0 bridgehead atoms. The lowest BCUT2D eigenvalue weighted by Gasteiger charge is -2.43. The first-order valence-electron chi connectivity index (χ1n) is 11.4. The SMILES string of the molecule is Cc1ccc(C2(c3ccc(N4CCc5cnc(-c6ncco6)nc5C4)cc3)CCC2)cc1. The minimum Gasteiger partial charge on any atom is -0.442 e. The van der Waals surface area contributed by atoms with E-state index in [1.807, 2.05) is 6.20 Å². The normalized spacial score (nSPS) is 17.0. The van der Waals surface area contributed by atoms with E-state index in [1.54, 1.807) is 12.5 Å². The fraction of sp³-hybridized carbons (Fsp3) is 0.296. The van der Waals surface area contributed by atoms with Crippen LogP contribution in [0.4, 0.5) is 5.69 Å². The van der Waals surface area contributed by atoms with Crippen LogP contribution in [0, 0.1) is 6.92 Å². The summed E-state index contributed by atoms with van der Waals surface area (Å²) in [5.74, 6) is 1.02. The van der Waals surface area contributed by atoms with Gasteiger partial charge in [0.2, 0.25) is 5.82 Å². The molecule has 32 heavy (non-hydrogen) atoms. The molecule has 1 fully saturated rings. The van der Waals surface area contributed by atoms with Crippen molar-refractivity contribution in [3.8, 4) is 11.7 Å². The highest BCUT2D eigenvalue weighted by atomic mass is 16.3. The monoisotopic (exact) mass is 422 g/mol. The molecule has 1 saturated carbocycles. The number of hydrogen-bond donors (Lipinski definition) is 0. The first-order chi connectivity index (χ1) is 15.7. The molecule has 160 valence electrons. The highest BCUT2D eigenvalue weighted by molar-refractivity contribution is 5.53. The summed E-state index contributed by atoms with van der Waals surface area (Å²) in [6.07, 6.45) is 9.79. The van der Waals surface area contributed by atoms with Crippen LogP contribution in [0.1, 0.15) is 47.2 Å². The van der Waals surface area contributed by atoms with Crippen LogP contribution < -0.4 is 4.90 Å². The lowest BCUT2D eigenvalue weighted by atomic mass is 9.60. The molecule has 0 unspecified atom stereocenters. The van der Waals surface area contributed by atoms with Crippen LogP contribution in [0.5, 0.6) is 0 Å². The standard InChI is InChI=1S/C27H26N4O/c1-19-3-5-21(6-4-19)27(12-2-13-27)22-7-9-23(10-8-22)31-15-11-20-17-29-25(30-24(20)18-31)26-28-14-16-32-26/h3-10,14,16-17H,2,11-13,15,18H2,1H3. The molecule has 0 saturated heterocycles. The van der Waals surface area contributed by atoms with E-state index in [2.05, 4.69) is 70.3 Å². The number of aryl methyl sites for hydroxylation is 1. The molecule has 6 rings (SSSR count). The van der Waals surface area contributed by atoms with Gasteiger partial charge < -0.3 is 9.32 Å². The molecule has 0 N–H and O–H groups in total. The van der Waals surface area contributed by atoms with E-state index in [9.17, 15) is 0 Å². The molecule has 1 aliphatic carbocycles. The van der Waals surface area contributed by atoms with E-state index in [-0.39, 0.29) is 5.41 Å². The Labute approximate surface area is 188 Å². The summed E-state index contributed by atoms with van der Waals surface area (Å²) in [5, 5.41) is 0. The lowest BCUT2D eigenvalue weighted by Crippen LogP contribution is -2.35. The number of benzene rings is 2. The van der Waals surface area contributed by atoms with Gasteiger partial charge in [0.05, 0.1) is 18.4 Å². The van der Waals surface area contributed by atoms with Gasteiger partial charge in [-0.1, -0.05) is 48.4 Å². The highest BCUT2D eigenvalue weighted by Gasteiger charge is 2.40. The minimum absolute atomic E-state index is 0.179. The zero-order valence-electron chi connectivity index (χ0n) is 18.3. The van der Waals surface area contributed by atoms with Gasteiger partial charge in [-0.05, 0) is 55.0 Å². The largest absolute Gasteiger partial charge is 0.442 e. The third-order valence-corrected chi connectivity index (χ3v) is 7.17. The molecule has 5 heteroatoms. The van der Waals surface area contributed by atoms with E-state index < -0.39 is 0 Å². The lowest BCUT2D eigenvalue weighted by molar-refractivity contribution is 0.301. The predicted octanol–water partition coefficient (Wildman–Crippen LogP) is 5.47. The van der Waals surface area contributed by atoms with Crippen molar-refractivity contribution in [3.63, 3.8) is 0 Å². The molecule has 0 atom stereocenters. The summed E-state index contributed by atoms with van der Waals surface area (Å²) < 4.78 is 5.38. The molecule has 3 heterocycles. The molecular formula is C27H26N4O. The zero-order chi connectivity index (χ0) is 21.5. The Bertz CT molecular complexity index is 1230. The number of oxazole rings is 1. The molecule has 0 amide bonds. The fourth-order valence-corrected chi connectivity index (χ4v) is 5.10. The van der Waals surface area contributed by atoms with E-state index in [0.29, 0.717) is 11.7 Å². The van der Waals surface area contributed by atoms with Crippen LogP contribution in [-0.4, -0.2) is 21.5 Å². The smallest absolute Gasteiger partial charge is 0.264 e. The second-order valence-corrected chi connectivity index (χ2v) is 9.02. The fourth-order valence-electron chi connectivity index (χ4n) is 5.10. The molecule has 0 spiro atoms. The van der Waals surface area contributed by atoms with Gasteiger partial charge >= 0.3 is 0 Å². The molecule has 4 aromatic rings. The van der Waals surface area contributed by atoms with Gasteiger partial charge in [-0.3, -0.25) is 0 Å². The van der Waals surface area contributed by atoms with Gasteiger partial charge in [0.25, 0.3) is 5.89 Å². The Morgan fingerprint density at radius 1 is 0.938 bits per heavy atom. The van der Waals surface area contributed by atoms with Crippen LogP contribution in [0.2, 0.25) is 0 Å². The van der Waals surface area contributed by atoms with Gasteiger partial charge in [-0.25, -0.2) is 15.0 Å². The number of nitrogens with zero attached hydrogens (tertiary/aromatic N) is 4. The number of fused-ring (bicyclic) bond motifs is 1. The number of rotatable bonds is 4. The van der Waals surface area contributed by atoms with Crippen LogP contribution in [0.3, 0.4) is 0 Å². The molecule has 2 aromatic carbocycles. The van der Waals surface area contributed by atoms with E-state index in [4.69, 9.17) is 9.40 Å². The van der Waals surface area contributed by atoms with Crippen LogP contribution >= 0.6 is 0 Å². The van der Waals surface area contributed by atoms with Gasteiger partial charge in [0.15, 0.2) is 0 Å². The summed E-state index contributed by atoms with van der Waals surface area (Å²) in [5.41, 5.74) is 7.89. The van der Waals surface area contributed by atoms with E-state index in [1.165, 1.54) is 47.2 Å². The van der Waals surface area contributed by atoms with Gasteiger partial charge in [-0.2, -0.15) is 0 Å². The summed E-state index contributed by atoms with van der Waals surface area (Å²) in [4.78, 5) is 15.8. The van der Waals surface area contributed by atoms with Crippen molar-refractivity contribution in [2.24, 2.45) is 0 Å². The van der Waals surface area contributed by atoms with Gasteiger partial charge in [-0.15, -0.1) is 0 Å². The summed E-state index contributed by atoms with van der Waals surface area (Å²) in [6, 6.07) is 18.3. The maximum absolute atomic E-state index is 5.38. The van der Waals surface area contributed by atoms with Crippen LogP contribution in [0.25, 0.3) is 11.7 Å². The first kappa shape index (κ1) is 19.2. The topological polar surface area (TPSA) is 55.1 Å². The highest BCUT2D eigenvalue weighted by Crippen LogP contribution is 2.49. The Balaban J connectivity index is 1.25. The number of hydrogen-bond acceptors (Lipinski definition) is 5. The summed E-state index contributed by atoms with van der Waals surface area (Å²) in [6.45, 7) is 3.90. The third-order valence-electron chi connectivity index (χ3n) is 7.17. The third kappa shape index (κ3) is 3.20. The molecule has 1 aliphatic heterocycles. The Kier molecular flexibility index (Phi) is 4.56. The van der Waals surface area contributed by atoms with Crippen molar-refractivity contribution in [2.75, 3.05) is 11.4 Å². The Morgan fingerprint density at radius 2 is 1.69 bits per heavy atom. The zero-order valence-corrected chi connectivity index (χ0v) is 18.3. The van der Waals surface area contributed by atoms with Crippen LogP contribution in [0.15, 0.2) is 71.6 Å². The quantitative estimate of drug-likeness (QED) is 0.436. The van der Waals surface area contributed by atoms with Gasteiger partial charge in [0, 0.05) is 23.8 Å². The molecule has 2 aromatic heterocycles.